The zero-order valence-electron chi connectivity index (χ0n) is 12.2. The lowest BCUT2D eigenvalue weighted by Gasteiger charge is -2.21. The standard InChI is InChI=1S/C13H18F3N3O2S/c1-18(8-9-19-6-2-3-7-19)22(20,21)11-4-5-12(17-10-11)13(14,15)16/h4-5,10H,2-3,6-9H2,1H3. The Kier molecular flexibility index (Phi) is 5.08. The molecule has 0 radical (unpaired) electrons. The predicted octanol–water partition coefficient (Wildman–Crippen LogP) is 1.82. The summed E-state index contributed by atoms with van der Waals surface area (Å²) in [6.07, 6.45) is -1.60. The van der Waals surface area contributed by atoms with Crippen molar-refractivity contribution in [3.05, 3.63) is 24.0 Å². The van der Waals surface area contributed by atoms with Gasteiger partial charge in [0, 0.05) is 26.3 Å². The van der Waals surface area contributed by atoms with Gasteiger partial charge in [-0.25, -0.2) is 8.42 Å². The van der Waals surface area contributed by atoms with Gasteiger partial charge in [-0.1, -0.05) is 0 Å². The first-order valence-corrected chi connectivity index (χ1v) is 8.37. The average Bonchev–Trinajstić information content (AvgIpc) is 2.97. The van der Waals surface area contributed by atoms with Gasteiger partial charge in [0.05, 0.1) is 0 Å². The number of hydrogen-bond donors (Lipinski definition) is 0. The fraction of sp³-hybridized carbons (Fsp3) is 0.615. The predicted molar refractivity (Wildman–Crippen MR) is 74.7 cm³/mol. The molecule has 1 aromatic heterocycles. The Bertz CT molecular complexity index is 596. The van der Waals surface area contributed by atoms with E-state index in [1.807, 2.05) is 0 Å². The Hall–Kier alpha value is -1.19. The molecule has 0 bridgehead atoms. The van der Waals surface area contributed by atoms with Gasteiger partial charge < -0.3 is 4.90 Å². The van der Waals surface area contributed by atoms with Gasteiger partial charge in [0.25, 0.3) is 0 Å². The molecule has 1 aromatic rings. The Labute approximate surface area is 127 Å². The van der Waals surface area contributed by atoms with Gasteiger partial charge in [0.1, 0.15) is 10.6 Å². The summed E-state index contributed by atoms with van der Waals surface area (Å²) < 4.78 is 63.0. The van der Waals surface area contributed by atoms with Crippen LogP contribution in [0, 0.1) is 0 Å². The van der Waals surface area contributed by atoms with Crippen LogP contribution in [0.1, 0.15) is 18.5 Å². The molecule has 0 unspecified atom stereocenters. The number of rotatable bonds is 5. The molecule has 0 aliphatic carbocycles. The van der Waals surface area contributed by atoms with Crippen LogP contribution in [0.4, 0.5) is 13.2 Å². The number of sulfonamides is 1. The number of likely N-dealkylation sites (tertiary alicyclic amines) is 1. The minimum Gasteiger partial charge on any atom is -0.302 e. The molecule has 22 heavy (non-hydrogen) atoms. The first kappa shape index (κ1) is 17.2. The van der Waals surface area contributed by atoms with Crippen molar-refractivity contribution < 1.29 is 21.6 Å². The summed E-state index contributed by atoms with van der Waals surface area (Å²) in [4.78, 5) is 5.13. The molecular formula is C13H18F3N3O2S. The molecular weight excluding hydrogens is 319 g/mol. The normalized spacial score (nSPS) is 17.3. The van der Waals surface area contributed by atoms with Crippen molar-refractivity contribution in [2.24, 2.45) is 0 Å². The average molecular weight is 337 g/mol. The van der Waals surface area contributed by atoms with Crippen LogP contribution >= 0.6 is 0 Å². The second kappa shape index (κ2) is 6.51. The van der Waals surface area contributed by atoms with Gasteiger partial charge in [-0.3, -0.25) is 4.98 Å². The van der Waals surface area contributed by atoms with Crippen molar-refractivity contribution in [1.29, 1.82) is 0 Å². The molecule has 0 N–H and O–H groups in total. The molecule has 0 spiro atoms. The molecule has 9 heteroatoms. The molecule has 1 aliphatic heterocycles. The number of aromatic nitrogens is 1. The van der Waals surface area contributed by atoms with E-state index in [9.17, 15) is 21.6 Å². The summed E-state index contributed by atoms with van der Waals surface area (Å²) in [5.74, 6) is 0. The topological polar surface area (TPSA) is 53.5 Å². The van der Waals surface area contributed by atoms with E-state index in [1.54, 1.807) is 0 Å². The van der Waals surface area contributed by atoms with Crippen molar-refractivity contribution in [2.75, 3.05) is 33.2 Å². The van der Waals surface area contributed by atoms with Crippen molar-refractivity contribution in [1.82, 2.24) is 14.2 Å². The number of likely N-dealkylation sites (N-methyl/N-ethyl adjacent to an activating group) is 1. The zero-order valence-corrected chi connectivity index (χ0v) is 13.0. The zero-order chi connectivity index (χ0) is 16.4. The molecule has 2 rings (SSSR count). The van der Waals surface area contributed by atoms with Gasteiger partial charge >= 0.3 is 6.18 Å². The lowest BCUT2D eigenvalue weighted by atomic mass is 10.3. The Balaban J connectivity index is 2.05. The van der Waals surface area contributed by atoms with Gasteiger partial charge in [0.15, 0.2) is 0 Å². The molecule has 124 valence electrons. The third-order valence-corrected chi connectivity index (χ3v) is 5.51. The summed E-state index contributed by atoms with van der Waals surface area (Å²) in [7, 11) is -2.40. The van der Waals surface area contributed by atoms with Crippen LogP contribution in [0.25, 0.3) is 0 Å². The molecule has 0 aromatic carbocycles. The fourth-order valence-corrected chi connectivity index (χ4v) is 3.40. The first-order valence-electron chi connectivity index (χ1n) is 6.93. The van der Waals surface area contributed by atoms with E-state index >= 15 is 0 Å². The smallest absolute Gasteiger partial charge is 0.302 e. The maximum Gasteiger partial charge on any atom is 0.433 e. The third kappa shape index (κ3) is 3.96. The van der Waals surface area contributed by atoms with Gasteiger partial charge in [-0.15, -0.1) is 0 Å². The monoisotopic (exact) mass is 337 g/mol. The van der Waals surface area contributed by atoms with Crippen LogP contribution < -0.4 is 0 Å². The van der Waals surface area contributed by atoms with Crippen LogP contribution in [0.15, 0.2) is 23.2 Å². The second-order valence-electron chi connectivity index (χ2n) is 5.25. The molecule has 0 atom stereocenters. The van der Waals surface area contributed by atoms with E-state index in [2.05, 4.69) is 9.88 Å². The highest BCUT2D eigenvalue weighted by Gasteiger charge is 2.33. The van der Waals surface area contributed by atoms with E-state index < -0.39 is 21.9 Å². The van der Waals surface area contributed by atoms with Gasteiger partial charge in [-0.05, 0) is 38.1 Å². The highest BCUT2D eigenvalue weighted by Crippen LogP contribution is 2.28. The van der Waals surface area contributed by atoms with Crippen molar-refractivity contribution in [2.45, 2.75) is 23.9 Å². The number of nitrogens with zero attached hydrogens (tertiary/aromatic N) is 3. The number of alkyl halides is 3. The Morgan fingerprint density at radius 3 is 2.41 bits per heavy atom. The lowest BCUT2D eigenvalue weighted by Crippen LogP contribution is -2.35. The molecule has 1 saturated heterocycles. The molecule has 2 heterocycles. The van der Waals surface area contributed by atoms with E-state index in [4.69, 9.17) is 0 Å². The van der Waals surface area contributed by atoms with E-state index in [1.165, 1.54) is 7.05 Å². The highest BCUT2D eigenvalue weighted by molar-refractivity contribution is 7.89. The van der Waals surface area contributed by atoms with Crippen molar-refractivity contribution >= 4 is 10.0 Å². The minimum absolute atomic E-state index is 0.232. The number of hydrogen-bond acceptors (Lipinski definition) is 4. The molecule has 5 nitrogen and oxygen atoms in total. The molecule has 1 fully saturated rings. The molecule has 0 saturated carbocycles. The Morgan fingerprint density at radius 1 is 1.27 bits per heavy atom. The fourth-order valence-electron chi connectivity index (χ4n) is 2.29. The quantitative estimate of drug-likeness (QED) is 0.822. The van der Waals surface area contributed by atoms with E-state index in [0.717, 1.165) is 42.5 Å². The maximum absolute atomic E-state index is 12.4. The van der Waals surface area contributed by atoms with Crippen LogP contribution in [0.5, 0.6) is 0 Å². The summed E-state index contributed by atoms with van der Waals surface area (Å²) in [5.41, 5.74) is -1.11. The third-order valence-electron chi connectivity index (χ3n) is 3.66. The maximum atomic E-state index is 12.4. The minimum atomic E-state index is -4.58. The largest absolute Gasteiger partial charge is 0.433 e. The first-order chi connectivity index (χ1) is 10.2. The molecule has 0 amide bonds. The SMILES string of the molecule is CN(CCN1CCCC1)S(=O)(=O)c1ccc(C(F)(F)F)nc1. The Morgan fingerprint density at radius 2 is 1.91 bits per heavy atom. The summed E-state index contributed by atoms with van der Waals surface area (Å²) >= 11 is 0. The number of pyridine rings is 1. The van der Waals surface area contributed by atoms with Gasteiger partial charge in [0.2, 0.25) is 10.0 Å². The van der Waals surface area contributed by atoms with E-state index in [-0.39, 0.29) is 4.90 Å². The summed E-state index contributed by atoms with van der Waals surface area (Å²) in [6, 6.07) is 1.62. The van der Waals surface area contributed by atoms with Crippen LogP contribution in [0.2, 0.25) is 0 Å². The van der Waals surface area contributed by atoms with Crippen molar-refractivity contribution in [3.63, 3.8) is 0 Å². The van der Waals surface area contributed by atoms with Crippen LogP contribution in [-0.2, 0) is 16.2 Å². The van der Waals surface area contributed by atoms with E-state index in [0.29, 0.717) is 19.2 Å². The second-order valence-corrected chi connectivity index (χ2v) is 7.30. The van der Waals surface area contributed by atoms with Crippen LogP contribution in [-0.4, -0.2) is 55.8 Å². The highest BCUT2D eigenvalue weighted by atomic mass is 32.2. The number of halogens is 3. The van der Waals surface area contributed by atoms with Gasteiger partial charge in [-0.2, -0.15) is 17.5 Å². The van der Waals surface area contributed by atoms with Crippen LogP contribution in [0.3, 0.4) is 0 Å². The molecule has 1 aliphatic rings. The van der Waals surface area contributed by atoms with Crippen molar-refractivity contribution in [3.8, 4) is 0 Å². The lowest BCUT2D eigenvalue weighted by molar-refractivity contribution is -0.141. The summed E-state index contributed by atoms with van der Waals surface area (Å²) in [6.45, 7) is 2.82. The summed E-state index contributed by atoms with van der Waals surface area (Å²) in [5, 5.41) is 0.